The molecule has 0 bridgehead atoms. The lowest BCUT2D eigenvalue weighted by molar-refractivity contribution is -0.137. The predicted octanol–water partition coefficient (Wildman–Crippen LogP) is 5.70. The van der Waals surface area contributed by atoms with Crippen molar-refractivity contribution < 1.29 is 18.0 Å². The number of anilines is 1. The SMILES string of the molecule is N#CC(=Cc1cccn1-c1cccc(C(F)(F)F)c1)C(=O)Nc1ccccc1Cl. The molecule has 0 radical (unpaired) electrons. The largest absolute Gasteiger partial charge is 0.416 e. The number of alkyl halides is 3. The van der Waals surface area contributed by atoms with Crippen LogP contribution < -0.4 is 5.32 Å². The molecule has 1 aromatic heterocycles. The van der Waals surface area contributed by atoms with Crippen LogP contribution in [0.2, 0.25) is 5.02 Å². The molecule has 1 N–H and O–H groups in total. The molecule has 0 atom stereocenters. The van der Waals surface area contributed by atoms with Gasteiger partial charge in [0, 0.05) is 17.6 Å². The summed E-state index contributed by atoms with van der Waals surface area (Å²) in [6.45, 7) is 0. The second-order valence-corrected chi connectivity index (χ2v) is 6.36. The van der Waals surface area contributed by atoms with Gasteiger partial charge in [0.15, 0.2) is 0 Å². The van der Waals surface area contributed by atoms with Crippen LogP contribution in [0.15, 0.2) is 72.4 Å². The molecule has 0 saturated heterocycles. The van der Waals surface area contributed by atoms with Gasteiger partial charge in [0.05, 0.1) is 16.3 Å². The predicted molar refractivity (Wildman–Crippen MR) is 104 cm³/mol. The standard InChI is InChI=1S/C21H13ClF3N3O/c22-18-8-1-2-9-19(18)27-20(29)14(13-26)11-16-7-4-10-28(16)17-6-3-5-15(12-17)21(23,24)25/h1-12H,(H,27,29). The van der Waals surface area contributed by atoms with Crippen molar-refractivity contribution in [3.63, 3.8) is 0 Å². The van der Waals surface area contributed by atoms with Gasteiger partial charge in [-0.15, -0.1) is 0 Å². The minimum absolute atomic E-state index is 0.225. The maximum absolute atomic E-state index is 13.0. The zero-order valence-electron chi connectivity index (χ0n) is 14.7. The number of aromatic nitrogens is 1. The number of hydrogen-bond acceptors (Lipinski definition) is 2. The first kappa shape index (κ1) is 20.2. The number of nitriles is 1. The Balaban J connectivity index is 1.93. The van der Waals surface area contributed by atoms with E-state index in [4.69, 9.17) is 11.6 Å². The van der Waals surface area contributed by atoms with E-state index in [0.717, 1.165) is 12.1 Å². The molecule has 8 heteroatoms. The van der Waals surface area contributed by atoms with Gasteiger partial charge in [-0.3, -0.25) is 4.79 Å². The van der Waals surface area contributed by atoms with E-state index in [2.05, 4.69) is 5.32 Å². The van der Waals surface area contributed by atoms with Crippen molar-refractivity contribution in [2.24, 2.45) is 0 Å². The molecule has 3 aromatic rings. The van der Waals surface area contributed by atoms with E-state index in [1.54, 1.807) is 48.7 Å². The van der Waals surface area contributed by atoms with Crippen LogP contribution in [0.1, 0.15) is 11.3 Å². The zero-order chi connectivity index (χ0) is 21.0. The van der Waals surface area contributed by atoms with Crippen molar-refractivity contribution in [1.82, 2.24) is 4.57 Å². The molecular weight excluding hydrogens is 403 g/mol. The van der Waals surface area contributed by atoms with Gasteiger partial charge in [0.1, 0.15) is 11.6 Å². The molecular formula is C21H13ClF3N3O. The number of carbonyl (C=O) groups excluding carboxylic acids is 1. The Morgan fingerprint density at radius 3 is 2.55 bits per heavy atom. The summed E-state index contributed by atoms with van der Waals surface area (Å²) in [5, 5.41) is 12.2. The zero-order valence-corrected chi connectivity index (χ0v) is 15.5. The van der Waals surface area contributed by atoms with Gasteiger partial charge in [0.2, 0.25) is 0 Å². The van der Waals surface area contributed by atoms with Crippen LogP contribution in [-0.2, 0) is 11.0 Å². The van der Waals surface area contributed by atoms with Gasteiger partial charge in [-0.05, 0) is 48.5 Å². The summed E-state index contributed by atoms with van der Waals surface area (Å²) in [4.78, 5) is 12.4. The van der Waals surface area contributed by atoms with Gasteiger partial charge in [-0.2, -0.15) is 18.4 Å². The van der Waals surface area contributed by atoms with Crippen LogP contribution in [0.4, 0.5) is 18.9 Å². The van der Waals surface area contributed by atoms with Crippen molar-refractivity contribution in [1.29, 1.82) is 5.26 Å². The van der Waals surface area contributed by atoms with Gasteiger partial charge >= 0.3 is 6.18 Å². The second-order valence-electron chi connectivity index (χ2n) is 5.95. The summed E-state index contributed by atoms with van der Waals surface area (Å²) in [5.74, 6) is -0.683. The fourth-order valence-electron chi connectivity index (χ4n) is 2.63. The minimum Gasteiger partial charge on any atom is -0.320 e. The summed E-state index contributed by atoms with van der Waals surface area (Å²) in [6.07, 6.45) is -1.64. The highest BCUT2D eigenvalue weighted by atomic mass is 35.5. The van der Waals surface area contributed by atoms with Gasteiger partial charge in [0.25, 0.3) is 5.91 Å². The molecule has 146 valence electrons. The summed E-state index contributed by atoms with van der Waals surface area (Å²) >= 11 is 6.00. The second kappa shape index (κ2) is 8.25. The first-order chi connectivity index (χ1) is 13.8. The number of rotatable bonds is 4. The third kappa shape index (κ3) is 4.68. The minimum atomic E-state index is -4.48. The van der Waals surface area contributed by atoms with Gasteiger partial charge in [-0.25, -0.2) is 0 Å². The molecule has 0 saturated carbocycles. The first-order valence-electron chi connectivity index (χ1n) is 8.32. The number of carbonyl (C=O) groups is 1. The molecule has 0 aliphatic heterocycles. The van der Waals surface area contributed by atoms with Crippen molar-refractivity contribution in [2.75, 3.05) is 5.32 Å². The average Bonchev–Trinajstić information content (AvgIpc) is 3.15. The quantitative estimate of drug-likeness (QED) is 0.439. The van der Waals surface area contributed by atoms with E-state index in [-0.39, 0.29) is 11.3 Å². The Kier molecular flexibility index (Phi) is 5.76. The highest BCUT2D eigenvalue weighted by Gasteiger charge is 2.30. The molecule has 0 aliphatic carbocycles. The number of hydrogen-bond donors (Lipinski definition) is 1. The van der Waals surface area contributed by atoms with E-state index < -0.39 is 17.6 Å². The summed E-state index contributed by atoms with van der Waals surface area (Å²) in [5.41, 5.74) is -0.0592. The van der Waals surface area contributed by atoms with E-state index in [9.17, 15) is 23.2 Å². The van der Waals surface area contributed by atoms with Crippen molar-refractivity contribution in [2.45, 2.75) is 6.18 Å². The van der Waals surface area contributed by atoms with Crippen LogP contribution in [0.3, 0.4) is 0 Å². The summed E-state index contributed by atoms with van der Waals surface area (Å²) in [6, 6.07) is 16.3. The maximum Gasteiger partial charge on any atom is 0.416 e. The highest BCUT2D eigenvalue weighted by Crippen LogP contribution is 2.31. The van der Waals surface area contributed by atoms with Crippen LogP contribution in [0.25, 0.3) is 11.8 Å². The molecule has 0 spiro atoms. The number of nitrogens with one attached hydrogen (secondary N) is 1. The Bertz CT molecular complexity index is 1130. The lowest BCUT2D eigenvalue weighted by Crippen LogP contribution is -2.14. The topological polar surface area (TPSA) is 57.8 Å². The fourth-order valence-corrected chi connectivity index (χ4v) is 2.81. The van der Waals surface area contributed by atoms with Crippen molar-refractivity contribution in [3.05, 3.63) is 88.7 Å². The van der Waals surface area contributed by atoms with Crippen LogP contribution in [0, 0.1) is 11.3 Å². The Morgan fingerprint density at radius 1 is 1.10 bits per heavy atom. The van der Waals surface area contributed by atoms with Crippen LogP contribution in [0.5, 0.6) is 0 Å². The molecule has 0 unspecified atom stereocenters. The molecule has 1 amide bonds. The first-order valence-corrected chi connectivity index (χ1v) is 8.70. The Hall–Kier alpha value is -3.50. The number of halogens is 4. The molecule has 0 aliphatic rings. The Morgan fingerprint density at radius 2 is 1.86 bits per heavy atom. The van der Waals surface area contributed by atoms with Crippen molar-refractivity contribution >= 4 is 29.3 Å². The lowest BCUT2D eigenvalue weighted by atomic mass is 10.1. The molecule has 4 nitrogen and oxygen atoms in total. The van der Waals surface area contributed by atoms with E-state index >= 15 is 0 Å². The number of para-hydroxylation sites is 1. The molecule has 29 heavy (non-hydrogen) atoms. The smallest absolute Gasteiger partial charge is 0.320 e. The molecule has 3 rings (SSSR count). The lowest BCUT2D eigenvalue weighted by Gasteiger charge is -2.11. The van der Waals surface area contributed by atoms with Crippen molar-refractivity contribution in [3.8, 4) is 11.8 Å². The fraction of sp³-hybridized carbons (Fsp3) is 0.0476. The van der Waals surface area contributed by atoms with Gasteiger partial charge < -0.3 is 9.88 Å². The third-order valence-corrected chi connectivity index (χ3v) is 4.34. The van der Waals surface area contributed by atoms with Crippen LogP contribution in [-0.4, -0.2) is 10.5 Å². The summed E-state index contributed by atoms with van der Waals surface area (Å²) in [7, 11) is 0. The highest BCUT2D eigenvalue weighted by molar-refractivity contribution is 6.34. The van der Waals surface area contributed by atoms with Gasteiger partial charge in [-0.1, -0.05) is 29.8 Å². The Labute approximate surface area is 169 Å². The van der Waals surface area contributed by atoms with E-state index in [0.29, 0.717) is 16.4 Å². The normalized spacial score (nSPS) is 11.8. The average molecular weight is 416 g/mol. The third-order valence-electron chi connectivity index (χ3n) is 4.01. The van der Waals surface area contributed by atoms with E-state index in [1.165, 1.54) is 22.8 Å². The maximum atomic E-state index is 13.0. The van der Waals surface area contributed by atoms with Crippen LogP contribution >= 0.6 is 11.6 Å². The molecule has 2 aromatic carbocycles. The summed E-state index contributed by atoms with van der Waals surface area (Å²) < 4.78 is 40.4. The van der Waals surface area contributed by atoms with E-state index in [1.807, 2.05) is 0 Å². The number of benzene rings is 2. The molecule has 0 fully saturated rings. The molecule has 1 heterocycles. The monoisotopic (exact) mass is 415 g/mol. The number of amides is 1. The number of nitrogens with zero attached hydrogens (tertiary/aromatic N) is 2.